The molecule has 0 aliphatic rings. The van der Waals surface area contributed by atoms with Crippen LogP contribution >= 0.6 is 11.6 Å². The van der Waals surface area contributed by atoms with Crippen molar-refractivity contribution in [3.8, 4) is 0 Å². The molecule has 0 saturated heterocycles. The highest BCUT2D eigenvalue weighted by Gasteiger charge is 1.88. The van der Waals surface area contributed by atoms with E-state index < -0.39 is 0 Å². The molecule has 0 atom stereocenters. The maximum atomic E-state index is 8.11. The van der Waals surface area contributed by atoms with Gasteiger partial charge >= 0.3 is 0 Å². The SMILES string of the molecule is CC(CCCCl)=NO. The predicted octanol–water partition coefficient (Wildman–Crippen LogP) is 1.86. The molecule has 0 bridgehead atoms. The minimum Gasteiger partial charge on any atom is -0.411 e. The number of oxime groups is 1. The molecule has 0 unspecified atom stereocenters. The van der Waals surface area contributed by atoms with E-state index in [0.717, 1.165) is 18.6 Å². The van der Waals surface area contributed by atoms with Crippen LogP contribution in [-0.2, 0) is 0 Å². The van der Waals surface area contributed by atoms with Crippen LogP contribution in [0.4, 0.5) is 0 Å². The van der Waals surface area contributed by atoms with Crippen LogP contribution in [-0.4, -0.2) is 16.8 Å². The van der Waals surface area contributed by atoms with Gasteiger partial charge in [0.1, 0.15) is 0 Å². The van der Waals surface area contributed by atoms with Crippen LogP contribution in [0.2, 0.25) is 0 Å². The Bertz CT molecular complexity index is 82.5. The van der Waals surface area contributed by atoms with Gasteiger partial charge in [0.2, 0.25) is 0 Å². The molecule has 0 aliphatic heterocycles. The molecular weight excluding hydrogens is 126 g/mol. The molecule has 0 aromatic carbocycles. The van der Waals surface area contributed by atoms with E-state index in [0.29, 0.717) is 5.88 Å². The molecule has 0 radical (unpaired) electrons. The zero-order valence-corrected chi connectivity index (χ0v) is 5.65. The third-order valence-electron chi connectivity index (χ3n) is 0.843. The third-order valence-corrected chi connectivity index (χ3v) is 1.11. The summed E-state index contributed by atoms with van der Waals surface area (Å²) in [5.74, 6) is 0.632. The maximum absolute atomic E-state index is 8.11. The summed E-state index contributed by atoms with van der Waals surface area (Å²) in [5, 5.41) is 11.1. The van der Waals surface area contributed by atoms with Crippen molar-refractivity contribution in [1.82, 2.24) is 0 Å². The van der Waals surface area contributed by atoms with Gasteiger partial charge in [0.15, 0.2) is 0 Å². The summed E-state index contributed by atoms with van der Waals surface area (Å²) in [6.07, 6.45) is 1.68. The maximum Gasteiger partial charge on any atom is 0.0540 e. The molecule has 0 rings (SSSR count). The van der Waals surface area contributed by atoms with Crippen molar-refractivity contribution < 1.29 is 5.21 Å². The number of rotatable bonds is 3. The fourth-order valence-corrected chi connectivity index (χ4v) is 0.506. The van der Waals surface area contributed by atoms with Crippen LogP contribution in [0.15, 0.2) is 5.16 Å². The topological polar surface area (TPSA) is 32.6 Å². The second-order valence-corrected chi connectivity index (χ2v) is 2.01. The van der Waals surface area contributed by atoms with Gasteiger partial charge in [-0.3, -0.25) is 0 Å². The normalized spacial score (nSPS) is 12.0. The first kappa shape index (κ1) is 7.76. The minimum absolute atomic E-state index is 0.632. The first-order valence-electron chi connectivity index (χ1n) is 2.54. The largest absolute Gasteiger partial charge is 0.411 e. The first-order valence-corrected chi connectivity index (χ1v) is 3.08. The number of hydrogen-bond acceptors (Lipinski definition) is 2. The Morgan fingerprint density at radius 1 is 1.75 bits per heavy atom. The smallest absolute Gasteiger partial charge is 0.0540 e. The van der Waals surface area contributed by atoms with Crippen LogP contribution in [0.1, 0.15) is 19.8 Å². The fraction of sp³-hybridized carbons (Fsp3) is 0.800. The molecule has 2 nitrogen and oxygen atoms in total. The van der Waals surface area contributed by atoms with Gasteiger partial charge < -0.3 is 5.21 Å². The van der Waals surface area contributed by atoms with E-state index in [1.807, 2.05) is 0 Å². The Morgan fingerprint density at radius 2 is 2.38 bits per heavy atom. The Hall–Kier alpha value is -0.240. The van der Waals surface area contributed by atoms with Gasteiger partial charge in [-0.25, -0.2) is 0 Å². The molecule has 0 saturated carbocycles. The van der Waals surface area contributed by atoms with Crippen LogP contribution in [0.25, 0.3) is 0 Å². The lowest BCUT2D eigenvalue weighted by atomic mass is 10.2. The van der Waals surface area contributed by atoms with Crippen molar-refractivity contribution in [2.24, 2.45) is 5.16 Å². The van der Waals surface area contributed by atoms with Crippen molar-refractivity contribution >= 4 is 17.3 Å². The molecule has 0 aromatic rings. The Balaban J connectivity index is 3.12. The van der Waals surface area contributed by atoms with Crippen molar-refractivity contribution in [3.05, 3.63) is 0 Å². The molecule has 0 amide bonds. The highest BCUT2D eigenvalue weighted by Crippen LogP contribution is 1.93. The zero-order chi connectivity index (χ0) is 6.41. The lowest BCUT2D eigenvalue weighted by Gasteiger charge is -1.90. The molecule has 48 valence electrons. The molecule has 0 heterocycles. The van der Waals surface area contributed by atoms with Gasteiger partial charge in [-0.1, -0.05) is 5.16 Å². The monoisotopic (exact) mass is 135 g/mol. The molecule has 0 fully saturated rings. The van der Waals surface area contributed by atoms with Crippen molar-refractivity contribution in [1.29, 1.82) is 0 Å². The lowest BCUT2D eigenvalue weighted by Crippen LogP contribution is -1.90. The molecule has 8 heavy (non-hydrogen) atoms. The van der Waals surface area contributed by atoms with Crippen molar-refractivity contribution in [2.75, 3.05) is 5.88 Å². The van der Waals surface area contributed by atoms with Crippen molar-refractivity contribution in [3.63, 3.8) is 0 Å². The van der Waals surface area contributed by atoms with Crippen molar-refractivity contribution in [2.45, 2.75) is 19.8 Å². The summed E-state index contributed by atoms with van der Waals surface area (Å²) in [6, 6.07) is 0. The summed E-state index contributed by atoms with van der Waals surface area (Å²) in [7, 11) is 0. The van der Waals surface area contributed by atoms with Crippen LogP contribution in [0.5, 0.6) is 0 Å². The standard InChI is InChI=1S/C5H10ClNO/c1-5(7-8)3-2-4-6/h8H,2-4H2,1H3. The molecule has 0 spiro atoms. The van der Waals surface area contributed by atoms with E-state index in [1.54, 1.807) is 6.92 Å². The van der Waals surface area contributed by atoms with Gasteiger partial charge in [-0.15, -0.1) is 11.6 Å². The Kier molecular flexibility index (Phi) is 4.76. The van der Waals surface area contributed by atoms with Gasteiger partial charge in [-0.2, -0.15) is 0 Å². The van der Waals surface area contributed by atoms with E-state index >= 15 is 0 Å². The number of halogens is 1. The second kappa shape index (κ2) is 4.91. The highest BCUT2D eigenvalue weighted by molar-refractivity contribution is 6.17. The van der Waals surface area contributed by atoms with E-state index in [1.165, 1.54) is 0 Å². The number of nitrogens with zero attached hydrogens (tertiary/aromatic N) is 1. The summed E-state index contributed by atoms with van der Waals surface area (Å²) < 4.78 is 0. The second-order valence-electron chi connectivity index (χ2n) is 1.63. The van der Waals surface area contributed by atoms with Gasteiger partial charge in [-0.05, 0) is 19.8 Å². The molecule has 1 N–H and O–H groups in total. The lowest BCUT2D eigenvalue weighted by molar-refractivity contribution is 0.317. The van der Waals surface area contributed by atoms with Crippen LogP contribution in [0, 0.1) is 0 Å². The van der Waals surface area contributed by atoms with Gasteiger partial charge in [0.25, 0.3) is 0 Å². The zero-order valence-electron chi connectivity index (χ0n) is 4.89. The minimum atomic E-state index is 0.632. The van der Waals surface area contributed by atoms with E-state index in [-0.39, 0.29) is 0 Å². The predicted molar refractivity (Wildman–Crippen MR) is 34.8 cm³/mol. The quantitative estimate of drug-likeness (QED) is 0.273. The fourth-order valence-electron chi connectivity index (χ4n) is 0.373. The third kappa shape index (κ3) is 3.93. The summed E-state index contributed by atoms with van der Waals surface area (Å²) >= 11 is 5.37. The molecule has 3 heteroatoms. The Labute approximate surface area is 54.1 Å². The van der Waals surface area contributed by atoms with E-state index in [2.05, 4.69) is 5.16 Å². The van der Waals surface area contributed by atoms with Crippen LogP contribution < -0.4 is 0 Å². The van der Waals surface area contributed by atoms with Crippen LogP contribution in [0.3, 0.4) is 0 Å². The average molecular weight is 136 g/mol. The van der Waals surface area contributed by atoms with Gasteiger partial charge in [0.05, 0.1) is 5.71 Å². The number of alkyl halides is 1. The average Bonchev–Trinajstić information content (AvgIpc) is 1.83. The summed E-state index contributed by atoms with van der Waals surface area (Å²) in [5.41, 5.74) is 0.741. The molecule has 0 aliphatic carbocycles. The Morgan fingerprint density at radius 3 is 2.75 bits per heavy atom. The molecule has 0 aromatic heterocycles. The highest BCUT2D eigenvalue weighted by atomic mass is 35.5. The summed E-state index contributed by atoms with van der Waals surface area (Å²) in [6.45, 7) is 1.77. The number of hydrogen-bond donors (Lipinski definition) is 1. The summed E-state index contributed by atoms with van der Waals surface area (Å²) in [4.78, 5) is 0. The molecular formula is C5H10ClNO. The van der Waals surface area contributed by atoms with E-state index in [4.69, 9.17) is 16.8 Å². The van der Waals surface area contributed by atoms with Gasteiger partial charge in [0, 0.05) is 5.88 Å². The first-order chi connectivity index (χ1) is 3.81. The van der Waals surface area contributed by atoms with E-state index in [9.17, 15) is 0 Å².